The molecule has 0 radical (unpaired) electrons. The van der Waals surface area contributed by atoms with E-state index in [2.05, 4.69) is 49.6 Å². The number of aromatic nitrogens is 4. The Labute approximate surface area is 167 Å². The molecule has 2 N–H and O–H groups in total. The molecule has 2 aromatic carbocycles. The lowest BCUT2D eigenvalue weighted by Crippen LogP contribution is -1.99. The quantitative estimate of drug-likeness (QED) is 0.476. The Balaban J connectivity index is 1.69. The second-order valence-electron chi connectivity index (χ2n) is 6.70. The van der Waals surface area contributed by atoms with Crippen LogP contribution in [-0.4, -0.2) is 19.5 Å². The maximum Gasteiger partial charge on any atom is 0.108 e. The summed E-state index contributed by atoms with van der Waals surface area (Å²) in [6.45, 7) is 0.497. The maximum atomic E-state index is 5.82. The summed E-state index contributed by atoms with van der Waals surface area (Å²) in [6.07, 6.45) is 7.13. The van der Waals surface area contributed by atoms with Gasteiger partial charge in [-0.05, 0) is 48.0 Å². The van der Waals surface area contributed by atoms with Crippen molar-refractivity contribution in [1.29, 1.82) is 0 Å². The second-order valence-corrected chi connectivity index (χ2v) is 6.70. The van der Waals surface area contributed by atoms with Crippen LogP contribution in [0, 0.1) is 11.8 Å². The van der Waals surface area contributed by atoms with Gasteiger partial charge in [-0.2, -0.15) is 0 Å². The zero-order valence-electron chi connectivity index (χ0n) is 15.6. The Hall–Kier alpha value is -4.01. The van der Waals surface area contributed by atoms with E-state index in [0.29, 0.717) is 6.54 Å². The highest BCUT2D eigenvalue weighted by Crippen LogP contribution is 2.26. The lowest BCUT2D eigenvalue weighted by Gasteiger charge is -2.08. The topological polar surface area (TPSA) is 69.6 Å². The van der Waals surface area contributed by atoms with Crippen molar-refractivity contribution in [2.75, 3.05) is 0 Å². The van der Waals surface area contributed by atoms with Crippen LogP contribution in [0.25, 0.3) is 27.6 Å². The summed E-state index contributed by atoms with van der Waals surface area (Å²) in [5.74, 6) is 6.38. The highest BCUT2D eigenvalue weighted by atomic mass is 15.1. The van der Waals surface area contributed by atoms with Gasteiger partial charge in [-0.25, -0.2) is 4.98 Å². The van der Waals surface area contributed by atoms with Crippen molar-refractivity contribution in [3.63, 3.8) is 0 Å². The molecule has 0 aliphatic rings. The van der Waals surface area contributed by atoms with Gasteiger partial charge < -0.3 is 5.73 Å². The molecule has 138 valence electrons. The predicted octanol–water partition coefficient (Wildman–Crippen LogP) is 3.83. The Bertz CT molecular complexity index is 1390. The molecule has 5 heteroatoms. The Kier molecular flexibility index (Phi) is 4.24. The van der Waals surface area contributed by atoms with Gasteiger partial charge >= 0.3 is 0 Å². The summed E-state index contributed by atoms with van der Waals surface area (Å²) >= 11 is 0. The standard InChI is InChI=1S/C24H17N5/c25-13-19-3-1-5-20(11-19)29-16-28-23-15-27-22-9-8-17(12-21(22)24(23)29)6-7-18-4-2-10-26-14-18/h1-5,8-12,14-16H,13,25H2. The number of nitrogens with zero attached hydrogens (tertiary/aromatic N) is 4. The summed E-state index contributed by atoms with van der Waals surface area (Å²) in [7, 11) is 0. The van der Waals surface area contributed by atoms with E-state index >= 15 is 0 Å². The number of fused-ring (bicyclic) bond motifs is 3. The van der Waals surface area contributed by atoms with Gasteiger partial charge in [0.25, 0.3) is 0 Å². The van der Waals surface area contributed by atoms with Gasteiger partial charge in [0.1, 0.15) is 11.8 Å². The first kappa shape index (κ1) is 17.1. The maximum absolute atomic E-state index is 5.82. The molecule has 5 rings (SSSR count). The number of imidazole rings is 1. The van der Waals surface area contributed by atoms with E-state index in [-0.39, 0.29) is 0 Å². The Morgan fingerprint density at radius 3 is 2.66 bits per heavy atom. The minimum atomic E-state index is 0.497. The van der Waals surface area contributed by atoms with Crippen molar-refractivity contribution in [3.8, 4) is 17.5 Å². The highest BCUT2D eigenvalue weighted by molar-refractivity contribution is 6.03. The van der Waals surface area contributed by atoms with Crippen molar-refractivity contribution in [2.24, 2.45) is 5.73 Å². The van der Waals surface area contributed by atoms with Crippen LogP contribution in [0.1, 0.15) is 16.7 Å². The fourth-order valence-corrected chi connectivity index (χ4v) is 3.38. The molecule has 0 atom stereocenters. The Morgan fingerprint density at radius 1 is 0.862 bits per heavy atom. The monoisotopic (exact) mass is 375 g/mol. The molecule has 0 saturated heterocycles. The first-order chi connectivity index (χ1) is 14.3. The molecule has 0 saturated carbocycles. The van der Waals surface area contributed by atoms with Gasteiger partial charge in [-0.1, -0.05) is 24.0 Å². The van der Waals surface area contributed by atoms with Crippen LogP contribution in [0.4, 0.5) is 0 Å². The number of hydrogen-bond donors (Lipinski definition) is 1. The second kappa shape index (κ2) is 7.19. The average Bonchev–Trinajstić information content (AvgIpc) is 3.23. The van der Waals surface area contributed by atoms with Crippen molar-refractivity contribution in [2.45, 2.75) is 6.54 Å². The molecule has 0 bridgehead atoms. The molecule has 0 aliphatic carbocycles. The van der Waals surface area contributed by atoms with E-state index in [0.717, 1.165) is 44.3 Å². The van der Waals surface area contributed by atoms with E-state index in [1.165, 1.54) is 0 Å². The van der Waals surface area contributed by atoms with Gasteiger partial charge in [0.2, 0.25) is 0 Å². The average molecular weight is 375 g/mol. The fraction of sp³-hybridized carbons (Fsp3) is 0.0417. The van der Waals surface area contributed by atoms with Gasteiger partial charge in [0, 0.05) is 41.1 Å². The van der Waals surface area contributed by atoms with Crippen molar-refractivity contribution < 1.29 is 0 Å². The molecule has 0 spiro atoms. The Morgan fingerprint density at radius 2 is 1.79 bits per heavy atom. The van der Waals surface area contributed by atoms with Crippen molar-refractivity contribution >= 4 is 21.9 Å². The largest absolute Gasteiger partial charge is 0.326 e. The summed E-state index contributed by atoms with van der Waals surface area (Å²) in [4.78, 5) is 13.2. The van der Waals surface area contributed by atoms with Gasteiger partial charge in [0.05, 0.1) is 17.2 Å². The van der Waals surface area contributed by atoms with Crippen LogP contribution >= 0.6 is 0 Å². The summed E-state index contributed by atoms with van der Waals surface area (Å²) in [6, 6.07) is 18.0. The normalized spacial score (nSPS) is 10.8. The van der Waals surface area contributed by atoms with Crippen molar-refractivity contribution in [3.05, 3.63) is 96.2 Å². The fourth-order valence-electron chi connectivity index (χ4n) is 3.38. The first-order valence-electron chi connectivity index (χ1n) is 9.29. The van der Waals surface area contributed by atoms with Crippen LogP contribution in [0.5, 0.6) is 0 Å². The molecular formula is C24H17N5. The van der Waals surface area contributed by atoms with E-state index in [1.807, 2.05) is 48.9 Å². The van der Waals surface area contributed by atoms with E-state index in [9.17, 15) is 0 Å². The number of hydrogen-bond acceptors (Lipinski definition) is 4. The minimum absolute atomic E-state index is 0.497. The zero-order chi connectivity index (χ0) is 19.6. The van der Waals surface area contributed by atoms with Crippen LogP contribution in [0.15, 0.2) is 79.5 Å². The smallest absolute Gasteiger partial charge is 0.108 e. The number of pyridine rings is 2. The first-order valence-corrected chi connectivity index (χ1v) is 9.29. The molecule has 0 unspecified atom stereocenters. The molecule has 0 amide bonds. The number of benzene rings is 2. The minimum Gasteiger partial charge on any atom is -0.326 e. The summed E-state index contributed by atoms with van der Waals surface area (Å²) in [5, 5.41) is 1.01. The molecule has 5 aromatic rings. The van der Waals surface area contributed by atoms with Crippen LogP contribution < -0.4 is 5.73 Å². The third-order valence-electron chi connectivity index (χ3n) is 4.81. The van der Waals surface area contributed by atoms with Gasteiger partial charge in [-0.15, -0.1) is 0 Å². The van der Waals surface area contributed by atoms with E-state index in [4.69, 9.17) is 5.73 Å². The molecule has 29 heavy (non-hydrogen) atoms. The van der Waals surface area contributed by atoms with Crippen LogP contribution in [0.2, 0.25) is 0 Å². The number of nitrogens with two attached hydrogens (primary N) is 1. The van der Waals surface area contributed by atoms with Crippen molar-refractivity contribution in [1.82, 2.24) is 19.5 Å². The van der Waals surface area contributed by atoms with Gasteiger partial charge in [-0.3, -0.25) is 14.5 Å². The summed E-state index contributed by atoms with van der Waals surface area (Å²) in [5.41, 5.74) is 12.5. The third-order valence-corrected chi connectivity index (χ3v) is 4.81. The SMILES string of the molecule is NCc1cccc(-n2cnc3cnc4ccc(C#Cc5cccnc5)cc4c32)c1. The summed E-state index contributed by atoms with van der Waals surface area (Å²) < 4.78 is 2.08. The molecule has 5 nitrogen and oxygen atoms in total. The molecule has 0 aliphatic heterocycles. The molecule has 0 fully saturated rings. The lowest BCUT2D eigenvalue weighted by atomic mass is 10.1. The molecular weight excluding hydrogens is 358 g/mol. The zero-order valence-corrected chi connectivity index (χ0v) is 15.6. The third kappa shape index (κ3) is 3.22. The van der Waals surface area contributed by atoms with Gasteiger partial charge in [0.15, 0.2) is 0 Å². The lowest BCUT2D eigenvalue weighted by molar-refractivity contribution is 1.04. The predicted molar refractivity (Wildman–Crippen MR) is 114 cm³/mol. The van der Waals surface area contributed by atoms with Crippen LogP contribution in [0.3, 0.4) is 0 Å². The van der Waals surface area contributed by atoms with Crippen LogP contribution in [-0.2, 0) is 6.54 Å². The molecule has 3 aromatic heterocycles. The highest BCUT2D eigenvalue weighted by Gasteiger charge is 2.10. The molecule has 3 heterocycles. The number of rotatable bonds is 2. The van der Waals surface area contributed by atoms with E-state index < -0.39 is 0 Å². The van der Waals surface area contributed by atoms with E-state index in [1.54, 1.807) is 12.4 Å².